The fraction of sp³-hybridized carbons (Fsp3) is 0.381. The monoisotopic (exact) mass is 340 g/mol. The Kier molecular flexibility index (Phi) is 7.02. The first-order valence-electron chi connectivity index (χ1n) is 8.73. The van der Waals surface area contributed by atoms with Crippen molar-refractivity contribution in [3.8, 4) is 0 Å². The van der Waals surface area contributed by atoms with Gasteiger partial charge in [-0.25, -0.2) is 4.79 Å². The van der Waals surface area contributed by atoms with Crippen molar-refractivity contribution in [3.05, 3.63) is 71.3 Å². The predicted molar refractivity (Wildman–Crippen MR) is 102 cm³/mol. The molecule has 2 atom stereocenters. The van der Waals surface area contributed by atoms with Crippen molar-refractivity contribution in [1.82, 2.24) is 10.2 Å². The van der Waals surface area contributed by atoms with Crippen LogP contribution >= 0.6 is 0 Å². The van der Waals surface area contributed by atoms with Gasteiger partial charge < -0.3 is 15.3 Å². The van der Waals surface area contributed by atoms with Crippen LogP contribution in [0.1, 0.15) is 36.0 Å². The first kappa shape index (κ1) is 19.0. The van der Waals surface area contributed by atoms with E-state index in [0.717, 1.165) is 11.1 Å². The molecule has 2 N–H and O–H groups in total. The molecule has 2 amide bonds. The van der Waals surface area contributed by atoms with E-state index in [1.54, 1.807) is 18.9 Å². The molecule has 0 aliphatic carbocycles. The number of aryl methyl sites for hydroxylation is 1. The zero-order valence-electron chi connectivity index (χ0n) is 15.3. The van der Waals surface area contributed by atoms with Crippen LogP contribution in [0, 0.1) is 6.92 Å². The van der Waals surface area contributed by atoms with Gasteiger partial charge in [-0.3, -0.25) is 0 Å². The molecule has 0 bridgehead atoms. The minimum Gasteiger partial charge on any atom is -0.393 e. The third kappa shape index (κ3) is 6.24. The molecule has 0 aromatic heterocycles. The molecular weight excluding hydrogens is 312 g/mol. The van der Waals surface area contributed by atoms with Crippen molar-refractivity contribution < 1.29 is 9.90 Å². The van der Waals surface area contributed by atoms with E-state index in [9.17, 15) is 9.90 Å². The van der Waals surface area contributed by atoms with Crippen LogP contribution in [0.3, 0.4) is 0 Å². The molecule has 0 aliphatic rings. The maximum absolute atomic E-state index is 12.4. The topological polar surface area (TPSA) is 52.6 Å². The van der Waals surface area contributed by atoms with E-state index in [4.69, 9.17) is 0 Å². The zero-order valence-corrected chi connectivity index (χ0v) is 15.3. The molecule has 0 heterocycles. The van der Waals surface area contributed by atoms with E-state index in [-0.39, 0.29) is 11.9 Å². The number of hydrogen-bond acceptors (Lipinski definition) is 2. The lowest BCUT2D eigenvalue weighted by molar-refractivity contribution is 0.171. The Morgan fingerprint density at radius 3 is 2.36 bits per heavy atom. The molecule has 2 aromatic rings. The average Bonchev–Trinajstić information content (AvgIpc) is 2.60. The van der Waals surface area contributed by atoms with Crippen LogP contribution in [-0.4, -0.2) is 35.7 Å². The van der Waals surface area contributed by atoms with Crippen molar-refractivity contribution >= 4 is 6.03 Å². The van der Waals surface area contributed by atoms with Gasteiger partial charge in [-0.1, -0.05) is 60.2 Å². The normalized spacial score (nSPS) is 13.1. The third-order valence-corrected chi connectivity index (χ3v) is 4.28. The van der Waals surface area contributed by atoms with Gasteiger partial charge in [-0.2, -0.15) is 0 Å². The summed E-state index contributed by atoms with van der Waals surface area (Å²) < 4.78 is 0. The minimum absolute atomic E-state index is 0.0953. The number of rotatable bonds is 7. The molecule has 2 unspecified atom stereocenters. The van der Waals surface area contributed by atoms with Crippen molar-refractivity contribution in [2.75, 3.05) is 13.6 Å². The van der Waals surface area contributed by atoms with Crippen LogP contribution < -0.4 is 5.32 Å². The van der Waals surface area contributed by atoms with Crippen LogP contribution in [-0.2, 0) is 6.54 Å². The molecule has 0 saturated heterocycles. The first-order chi connectivity index (χ1) is 12.0. The summed E-state index contributed by atoms with van der Waals surface area (Å²) in [4.78, 5) is 14.1. The number of nitrogens with zero attached hydrogens (tertiary/aromatic N) is 1. The summed E-state index contributed by atoms with van der Waals surface area (Å²) >= 11 is 0. The van der Waals surface area contributed by atoms with Crippen LogP contribution in [0.15, 0.2) is 54.6 Å². The van der Waals surface area contributed by atoms with Gasteiger partial charge in [0.05, 0.1) is 6.10 Å². The second kappa shape index (κ2) is 9.23. The summed E-state index contributed by atoms with van der Waals surface area (Å²) in [5, 5.41) is 12.7. The number of urea groups is 1. The second-order valence-corrected chi connectivity index (χ2v) is 6.72. The standard InChI is InChI=1S/C21H28N2O2/c1-16-9-11-18(12-10-16)15-23(3)21(25)22-14-20(13-17(2)24)19-7-5-4-6-8-19/h4-12,17,20,24H,13-15H2,1-3H3,(H,22,25). The van der Waals surface area contributed by atoms with Crippen LogP contribution in [0.4, 0.5) is 4.79 Å². The van der Waals surface area contributed by atoms with Crippen molar-refractivity contribution in [2.24, 2.45) is 0 Å². The lowest BCUT2D eigenvalue weighted by atomic mass is 9.93. The third-order valence-electron chi connectivity index (χ3n) is 4.28. The molecule has 0 saturated carbocycles. The van der Waals surface area contributed by atoms with Crippen LogP contribution in [0.25, 0.3) is 0 Å². The number of nitrogens with one attached hydrogen (secondary N) is 1. The van der Waals surface area contributed by atoms with Crippen LogP contribution in [0.5, 0.6) is 0 Å². The highest BCUT2D eigenvalue weighted by atomic mass is 16.3. The largest absolute Gasteiger partial charge is 0.393 e. The van der Waals surface area contributed by atoms with E-state index in [1.807, 2.05) is 49.4 Å². The molecule has 4 nitrogen and oxygen atoms in total. The van der Waals surface area contributed by atoms with Gasteiger partial charge >= 0.3 is 6.03 Å². The van der Waals surface area contributed by atoms with Gasteiger partial charge in [0.25, 0.3) is 0 Å². The highest BCUT2D eigenvalue weighted by Gasteiger charge is 2.16. The Morgan fingerprint density at radius 1 is 1.12 bits per heavy atom. The number of aliphatic hydroxyl groups excluding tert-OH is 1. The number of carbonyl (C=O) groups excluding carboxylic acids is 1. The highest BCUT2D eigenvalue weighted by molar-refractivity contribution is 5.73. The van der Waals surface area contributed by atoms with Gasteiger partial charge in [0, 0.05) is 26.1 Å². The van der Waals surface area contributed by atoms with Gasteiger partial charge in [0.15, 0.2) is 0 Å². The Bertz CT molecular complexity index is 653. The fourth-order valence-corrected chi connectivity index (χ4v) is 2.86. The number of aliphatic hydroxyl groups is 1. The van der Waals surface area contributed by atoms with E-state index in [2.05, 4.69) is 17.4 Å². The summed E-state index contributed by atoms with van der Waals surface area (Å²) in [6, 6.07) is 18.1. The molecular formula is C21H28N2O2. The maximum atomic E-state index is 12.4. The molecule has 2 rings (SSSR count). The lowest BCUT2D eigenvalue weighted by Crippen LogP contribution is -2.39. The first-order valence-corrected chi connectivity index (χ1v) is 8.73. The molecule has 0 aliphatic heterocycles. The summed E-state index contributed by atoms with van der Waals surface area (Å²) in [5.74, 6) is 0.0953. The summed E-state index contributed by atoms with van der Waals surface area (Å²) in [7, 11) is 1.79. The van der Waals surface area contributed by atoms with E-state index in [0.29, 0.717) is 19.5 Å². The molecule has 2 aromatic carbocycles. The zero-order chi connectivity index (χ0) is 18.2. The number of hydrogen-bond donors (Lipinski definition) is 2. The second-order valence-electron chi connectivity index (χ2n) is 6.72. The van der Waals surface area contributed by atoms with Crippen LogP contribution in [0.2, 0.25) is 0 Å². The average molecular weight is 340 g/mol. The maximum Gasteiger partial charge on any atom is 0.317 e. The van der Waals surface area contributed by atoms with E-state index < -0.39 is 6.10 Å². The van der Waals surface area contributed by atoms with E-state index in [1.165, 1.54) is 5.56 Å². The molecule has 25 heavy (non-hydrogen) atoms. The Morgan fingerprint density at radius 2 is 1.76 bits per heavy atom. The minimum atomic E-state index is -0.410. The fourth-order valence-electron chi connectivity index (χ4n) is 2.86. The molecule has 4 heteroatoms. The van der Waals surface area contributed by atoms with Gasteiger partial charge in [-0.15, -0.1) is 0 Å². The van der Waals surface area contributed by atoms with Crippen molar-refractivity contribution in [3.63, 3.8) is 0 Å². The quantitative estimate of drug-likeness (QED) is 0.808. The Balaban J connectivity index is 1.92. The Hall–Kier alpha value is -2.33. The number of amides is 2. The molecule has 134 valence electrons. The molecule has 0 radical (unpaired) electrons. The summed E-state index contributed by atoms with van der Waals surface area (Å²) in [6.07, 6.45) is 0.207. The van der Waals surface area contributed by atoms with E-state index >= 15 is 0 Å². The van der Waals surface area contributed by atoms with Crippen molar-refractivity contribution in [2.45, 2.75) is 38.8 Å². The Labute approximate surface area is 150 Å². The van der Waals surface area contributed by atoms with Gasteiger partial charge in [0.1, 0.15) is 0 Å². The summed E-state index contributed by atoms with van der Waals surface area (Å²) in [5.41, 5.74) is 3.44. The SMILES string of the molecule is Cc1ccc(CN(C)C(=O)NCC(CC(C)O)c2ccccc2)cc1. The smallest absolute Gasteiger partial charge is 0.317 e. The lowest BCUT2D eigenvalue weighted by Gasteiger charge is -2.23. The number of benzene rings is 2. The van der Waals surface area contributed by atoms with Gasteiger partial charge in [-0.05, 0) is 31.4 Å². The van der Waals surface area contributed by atoms with Crippen molar-refractivity contribution in [1.29, 1.82) is 0 Å². The summed E-state index contributed by atoms with van der Waals surface area (Å²) in [6.45, 7) is 4.90. The number of carbonyl (C=O) groups is 1. The van der Waals surface area contributed by atoms with Gasteiger partial charge in [0.2, 0.25) is 0 Å². The highest BCUT2D eigenvalue weighted by Crippen LogP contribution is 2.20. The molecule has 0 fully saturated rings. The predicted octanol–water partition coefficient (Wildman–Crippen LogP) is 3.69. The molecule has 0 spiro atoms.